The van der Waals surface area contributed by atoms with Crippen LogP contribution in [0.4, 0.5) is 5.69 Å². The number of carbonyl (C=O) groups is 1. The van der Waals surface area contributed by atoms with Gasteiger partial charge >= 0.3 is 0 Å². The summed E-state index contributed by atoms with van der Waals surface area (Å²) >= 11 is 0. The fraction of sp³-hybridized carbons (Fsp3) is 0.562. The summed E-state index contributed by atoms with van der Waals surface area (Å²) in [5, 5.41) is 2.85. The Bertz CT molecular complexity index is 394. The van der Waals surface area contributed by atoms with Crippen LogP contribution in [0, 0.1) is 0 Å². The summed E-state index contributed by atoms with van der Waals surface area (Å²) in [6.45, 7) is 3.89. The molecule has 0 radical (unpaired) electrons. The molecule has 0 saturated carbocycles. The molecular formula is C16H26N2O2. The summed E-state index contributed by atoms with van der Waals surface area (Å²) in [7, 11) is 0. The van der Waals surface area contributed by atoms with Crippen molar-refractivity contribution in [1.82, 2.24) is 0 Å². The van der Waals surface area contributed by atoms with Crippen LogP contribution < -0.4 is 11.1 Å². The van der Waals surface area contributed by atoms with Crippen LogP contribution in [0.5, 0.6) is 0 Å². The number of nitrogens with two attached hydrogens (primary N) is 1. The highest BCUT2D eigenvalue weighted by Crippen LogP contribution is 2.10. The lowest BCUT2D eigenvalue weighted by Gasteiger charge is -2.07. The third kappa shape index (κ3) is 7.26. The van der Waals surface area contributed by atoms with Gasteiger partial charge in [0.25, 0.3) is 0 Å². The molecule has 0 saturated heterocycles. The van der Waals surface area contributed by atoms with Gasteiger partial charge in [0.1, 0.15) is 0 Å². The number of unbranched alkanes of at least 4 members (excludes halogenated alkanes) is 3. The van der Waals surface area contributed by atoms with Crippen molar-refractivity contribution in [1.29, 1.82) is 0 Å². The molecule has 0 aliphatic carbocycles. The number of carbonyl (C=O) groups excluding carboxylic acids is 1. The van der Waals surface area contributed by atoms with E-state index in [0.717, 1.165) is 24.3 Å². The van der Waals surface area contributed by atoms with Crippen LogP contribution in [0.3, 0.4) is 0 Å². The second-order valence-corrected chi connectivity index (χ2v) is 4.88. The molecule has 0 unspecified atom stereocenters. The lowest BCUT2D eigenvalue weighted by Crippen LogP contribution is -2.14. The van der Waals surface area contributed by atoms with E-state index in [-0.39, 0.29) is 5.91 Å². The summed E-state index contributed by atoms with van der Waals surface area (Å²) in [6.07, 6.45) is 5.15. The van der Waals surface area contributed by atoms with E-state index in [0.29, 0.717) is 19.6 Å². The number of hydrogen-bond donors (Lipinski definition) is 2. The number of amides is 1. The molecule has 1 rings (SSSR count). The van der Waals surface area contributed by atoms with Gasteiger partial charge in [0.05, 0.1) is 13.0 Å². The Morgan fingerprint density at radius 3 is 2.85 bits per heavy atom. The minimum Gasteiger partial charge on any atom is -0.381 e. The van der Waals surface area contributed by atoms with E-state index in [1.807, 2.05) is 24.3 Å². The highest BCUT2D eigenvalue weighted by Gasteiger charge is 2.02. The Morgan fingerprint density at radius 2 is 2.10 bits per heavy atom. The van der Waals surface area contributed by atoms with Gasteiger partial charge in [-0.15, -0.1) is 0 Å². The zero-order chi connectivity index (χ0) is 14.6. The molecule has 0 heterocycles. The largest absolute Gasteiger partial charge is 0.381 e. The predicted octanol–water partition coefficient (Wildman–Crippen LogP) is 3.07. The van der Waals surface area contributed by atoms with E-state index in [1.54, 1.807) is 0 Å². The number of ether oxygens (including phenoxy) is 1. The summed E-state index contributed by atoms with van der Waals surface area (Å²) in [5.74, 6) is -0.0206. The van der Waals surface area contributed by atoms with E-state index in [2.05, 4.69) is 12.2 Å². The highest BCUT2D eigenvalue weighted by molar-refractivity contribution is 5.90. The Hall–Kier alpha value is -1.39. The molecule has 4 heteroatoms. The SMILES string of the molecule is CCCCCCOCCC(=O)Nc1cccc(CN)c1. The number of benzene rings is 1. The van der Waals surface area contributed by atoms with E-state index >= 15 is 0 Å². The van der Waals surface area contributed by atoms with Gasteiger partial charge in [-0.3, -0.25) is 4.79 Å². The number of rotatable bonds is 10. The van der Waals surface area contributed by atoms with Gasteiger partial charge < -0.3 is 15.8 Å². The molecule has 0 bridgehead atoms. The standard InChI is InChI=1S/C16H26N2O2/c1-2-3-4-5-10-20-11-9-16(19)18-15-8-6-7-14(12-15)13-17/h6-8,12H,2-5,9-11,13,17H2,1H3,(H,18,19). The molecule has 1 aromatic carbocycles. The fourth-order valence-electron chi connectivity index (χ4n) is 1.90. The Morgan fingerprint density at radius 1 is 1.25 bits per heavy atom. The van der Waals surface area contributed by atoms with Gasteiger partial charge in [0, 0.05) is 18.8 Å². The molecule has 0 aromatic heterocycles. The topological polar surface area (TPSA) is 64.3 Å². The predicted molar refractivity (Wildman–Crippen MR) is 82.5 cm³/mol. The van der Waals surface area contributed by atoms with Crippen molar-refractivity contribution in [2.24, 2.45) is 5.73 Å². The Labute approximate surface area is 121 Å². The van der Waals surface area contributed by atoms with Crippen molar-refractivity contribution < 1.29 is 9.53 Å². The molecule has 3 N–H and O–H groups in total. The van der Waals surface area contributed by atoms with Crippen molar-refractivity contribution in [2.45, 2.75) is 45.6 Å². The van der Waals surface area contributed by atoms with Crippen LogP contribution in [-0.2, 0) is 16.1 Å². The second-order valence-electron chi connectivity index (χ2n) is 4.88. The molecular weight excluding hydrogens is 252 g/mol. The zero-order valence-corrected chi connectivity index (χ0v) is 12.4. The van der Waals surface area contributed by atoms with Crippen LogP contribution in [0.25, 0.3) is 0 Å². The van der Waals surface area contributed by atoms with Crippen molar-refractivity contribution in [3.63, 3.8) is 0 Å². The normalized spacial score (nSPS) is 10.5. The van der Waals surface area contributed by atoms with Crippen molar-refractivity contribution >= 4 is 11.6 Å². The fourth-order valence-corrected chi connectivity index (χ4v) is 1.90. The molecule has 20 heavy (non-hydrogen) atoms. The van der Waals surface area contributed by atoms with Crippen LogP contribution in [0.1, 0.15) is 44.6 Å². The van der Waals surface area contributed by atoms with E-state index in [9.17, 15) is 4.79 Å². The maximum absolute atomic E-state index is 11.7. The molecule has 0 fully saturated rings. The third-order valence-corrected chi connectivity index (χ3v) is 3.06. The first-order chi connectivity index (χ1) is 9.76. The van der Waals surface area contributed by atoms with Gasteiger partial charge in [0.2, 0.25) is 5.91 Å². The van der Waals surface area contributed by atoms with Crippen LogP contribution >= 0.6 is 0 Å². The minimum absolute atomic E-state index is 0.0206. The number of anilines is 1. The lowest BCUT2D eigenvalue weighted by molar-refractivity contribution is -0.117. The average molecular weight is 278 g/mol. The van der Waals surface area contributed by atoms with E-state index in [1.165, 1.54) is 19.3 Å². The van der Waals surface area contributed by atoms with Crippen LogP contribution in [0.2, 0.25) is 0 Å². The van der Waals surface area contributed by atoms with Crippen molar-refractivity contribution in [2.75, 3.05) is 18.5 Å². The molecule has 112 valence electrons. The first-order valence-corrected chi connectivity index (χ1v) is 7.43. The monoisotopic (exact) mass is 278 g/mol. The first kappa shape index (κ1) is 16.7. The number of hydrogen-bond acceptors (Lipinski definition) is 3. The van der Waals surface area contributed by atoms with E-state index in [4.69, 9.17) is 10.5 Å². The van der Waals surface area contributed by atoms with E-state index < -0.39 is 0 Å². The average Bonchev–Trinajstić information content (AvgIpc) is 2.46. The Balaban J connectivity index is 2.13. The molecule has 1 amide bonds. The Kier molecular flexibility index (Phi) is 8.67. The van der Waals surface area contributed by atoms with Crippen molar-refractivity contribution in [3.8, 4) is 0 Å². The highest BCUT2D eigenvalue weighted by atomic mass is 16.5. The minimum atomic E-state index is -0.0206. The summed E-state index contributed by atoms with van der Waals surface area (Å²) in [6, 6.07) is 7.59. The van der Waals surface area contributed by atoms with Crippen LogP contribution in [0.15, 0.2) is 24.3 Å². The summed E-state index contributed by atoms with van der Waals surface area (Å²) in [4.78, 5) is 11.7. The maximum Gasteiger partial charge on any atom is 0.226 e. The maximum atomic E-state index is 11.7. The smallest absolute Gasteiger partial charge is 0.226 e. The van der Waals surface area contributed by atoms with Gasteiger partial charge in [-0.2, -0.15) is 0 Å². The van der Waals surface area contributed by atoms with Crippen LogP contribution in [-0.4, -0.2) is 19.1 Å². The summed E-state index contributed by atoms with van der Waals surface area (Å²) in [5.41, 5.74) is 7.37. The number of nitrogens with one attached hydrogen (secondary N) is 1. The second kappa shape index (κ2) is 10.4. The molecule has 0 aliphatic heterocycles. The zero-order valence-electron chi connectivity index (χ0n) is 12.4. The molecule has 1 aromatic rings. The van der Waals surface area contributed by atoms with Gasteiger partial charge in [-0.25, -0.2) is 0 Å². The van der Waals surface area contributed by atoms with Crippen molar-refractivity contribution in [3.05, 3.63) is 29.8 Å². The van der Waals surface area contributed by atoms with Gasteiger partial charge in [-0.1, -0.05) is 38.3 Å². The lowest BCUT2D eigenvalue weighted by atomic mass is 10.2. The third-order valence-electron chi connectivity index (χ3n) is 3.06. The molecule has 0 aliphatic rings. The van der Waals surface area contributed by atoms with Gasteiger partial charge in [-0.05, 0) is 24.1 Å². The molecule has 0 spiro atoms. The first-order valence-electron chi connectivity index (χ1n) is 7.43. The molecule has 0 atom stereocenters. The summed E-state index contributed by atoms with van der Waals surface area (Å²) < 4.78 is 5.45. The van der Waals surface area contributed by atoms with Gasteiger partial charge in [0.15, 0.2) is 0 Å². The molecule has 4 nitrogen and oxygen atoms in total. The quantitative estimate of drug-likeness (QED) is 0.646.